The number of nitrogens with zero attached hydrogens (tertiary/aromatic N) is 7. The number of nitrogens with one attached hydrogen (secondary N) is 1. The number of para-hydroxylation sites is 2. The summed E-state index contributed by atoms with van der Waals surface area (Å²) >= 11 is 0. The fraction of sp³-hybridized carbons (Fsp3) is 0.312. The molecule has 5 heterocycles. The number of phenolic OH excluding ortho intramolecular Hbond substituents is 1. The number of imidazole rings is 1. The van der Waals surface area contributed by atoms with Crippen molar-refractivity contribution in [2.75, 3.05) is 18.8 Å². The molecule has 2 saturated heterocycles. The lowest BCUT2D eigenvalue weighted by atomic mass is 10.0. The minimum absolute atomic E-state index is 0.115. The van der Waals surface area contributed by atoms with Crippen molar-refractivity contribution in [1.29, 1.82) is 0 Å². The second-order valence-electron chi connectivity index (χ2n) is 11.7. The first kappa shape index (κ1) is 28.5. The van der Waals surface area contributed by atoms with E-state index in [1.54, 1.807) is 36.0 Å². The topological polar surface area (TPSA) is 166 Å². The minimum atomic E-state index is -0.721. The van der Waals surface area contributed by atoms with Gasteiger partial charge in [0.25, 0.3) is 0 Å². The average Bonchev–Trinajstić information content (AvgIpc) is 3.62. The normalized spacial score (nSPS) is 19.2. The van der Waals surface area contributed by atoms with Crippen LogP contribution in [0.1, 0.15) is 43.3 Å². The van der Waals surface area contributed by atoms with Crippen LogP contribution in [0.3, 0.4) is 0 Å². The monoisotopic (exact) mass is 607 g/mol. The second-order valence-corrected chi connectivity index (χ2v) is 11.7. The molecular formula is C32H33N9O4. The maximum Gasteiger partial charge on any atom is 0.329 e. The molecule has 2 atom stereocenters. The van der Waals surface area contributed by atoms with Crippen LogP contribution in [-0.2, 0) is 23.2 Å². The summed E-state index contributed by atoms with van der Waals surface area (Å²) in [5, 5.41) is 25.7. The van der Waals surface area contributed by atoms with Crippen LogP contribution in [0.25, 0.3) is 33.4 Å². The van der Waals surface area contributed by atoms with Gasteiger partial charge in [0.15, 0.2) is 5.82 Å². The molecule has 13 nitrogen and oxygen atoms in total. The zero-order valence-corrected chi connectivity index (χ0v) is 24.8. The Labute approximate surface area is 257 Å². The molecule has 2 aliphatic heterocycles. The van der Waals surface area contributed by atoms with Gasteiger partial charge >= 0.3 is 5.69 Å². The Balaban J connectivity index is 1.13. The van der Waals surface area contributed by atoms with Gasteiger partial charge in [-0.3, -0.25) is 33.6 Å². The molecule has 230 valence electrons. The number of imide groups is 1. The second kappa shape index (κ2) is 11.3. The van der Waals surface area contributed by atoms with Gasteiger partial charge in [-0.05, 0) is 55.6 Å². The van der Waals surface area contributed by atoms with Crippen molar-refractivity contribution in [3.05, 3.63) is 77.0 Å². The number of piperidine rings is 2. The van der Waals surface area contributed by atoms with Crippen molar-refractivity contribution < 1.29 is 14.7 Å². The molecule has 2 amide bonds. The molecule has 2 aliphatic rings. The Hall–Kier alpha value is -5.30. The van der Waals surface area contributed by atoms with Gasteiger partial charge in [-0.1, -0.05) is 24.3 Å². The highest BCUT2D eigenvalue weighted by atomic mass is 16.3. The molecule has 4 N–H and O–H groups in total. The lowest BCUT2D eigenvalue weighted by molar-refractivity contribution is -0.135. The van der Waals surface area contributed by atoms with Crippen LogP contribution in [0.15, 0.2) is 65.7 Å². The fourth-order valence-electron chi connectivity index (χ4n) is 6.64. The van der Waals surface area contributed by atoms with Crippen LogP contribution < -0.4 is 16.7 Å². The maximum absolute atomic E-state index is 13.4. The maximum atomic E-state index is 13.4. The lowest BCUT2D eigenvalue weighted by Gasteiger charge is -2.33. The first-order valence-corrected chi connectivity index (χ1v) is 15.0. The number of benzene rings is 2. The Bertz CT molecular complexity index is 2010. The minimum Gasteiger partial charge on any atom is -0.507 e. The summed E-state index contributed by atoms with van der Waals surface area (Å²) in [4.78, 5) is 40.1. The third-order valence-electron chi connectivity index (χ3n) is 8.87. The first-order chi connectivity index (χ1) is 21.8. The van der Waals surface area contributed by atoms with Gasteiger partial charge in [0.1, 0.15) is 11.8 Å². The number of amides is 2. The lowest BCUT2D eigenvalue weighted by Crippen LogP contribution is -2.44. The predicted molar refractivity (Wildman–Crippen MR) is 167 cm³/mol. The number of aryl methyl sites for hydroxylation is 1. The third-order valence-corrected chi connectivity index (χ3v) is 8.87. The van der Waals surface area contributed by atoms with Crippen molar-refractivity contribution in [3.8, 4) is 28.1 Å². The van der Waals surface area contributed by atoms with Crippen LogP contribution in [-0.4, -0.2) is 64.0 Å². The summed E-state index contributed by atoms with van der Waals surface area (Å²) in [6.45, 7) is 2.28. The summed E-state index contributed by atoms with van der Waals surface area (Å²) in [5.41, 5.74) is 11.0. The zero-order chi connectivity index (χ0) is 31.2. The van der Waals surface area contributed by atoms with E-state index in [1.807, 2.05) is 41.2 Å². The summed E-state index contributed by atoms with van der Waals surface area (Å²) < 4.78 is 5.10. The highest BCUT2D eigenvalue weighted by Crippen LogP contribution is 2.33. The molecule has 0 radical (unpaired) electrons. The van der Waals surface area contributed by atoms with E-state index in [0.29, 0.717) is 35.3 Å². The van der Waals surface area contributed by atoms with E-state index in [0.717, 1.165) is 42.6 Å². The molecule has 0 saturated carbocycles. The van der Waals surface area contributed by atoms with Crippen molar-refractivity contribution >= 4 is 28.7 Å². The molecule has 2 fully saturated rings. The van der Waals surface area contributed by atoms with Crippen LogP contribution in [0.2, 0.25) is 0 Å². The van der Waals surface area contributed by atoms with E-state index in [-0.39, 0.29) is 35.6 Å². The number of aromatic nitrogens is 6. The number of rotatable bonds is 6. The highest BCUT2D eigenvalue weighted by Gasteiger charge is 2.32. The number of likely N-dealkylation sites (tertiary alicyclic amines) is 1. The van der Waals surface area contributed by atoms with E-state index in [1.165, 1.54) is 4.57 Å². The zero-order valence-electron chi connectivity index (χ0n) is 24.8. The number of nitrogens with two attached hydrogens (primary N) is 1. The van der Waals surface area contributed by atoms with Crippen molar-refractivity contribution in [3.63, 3.8) is 0 Å². The number of phenols is 1. The number of fused-ring (bicyclic) bond motifs is 1. The van der Waals surface area contributed by atoms with Crippen LogP contribution in [0.4, 0.5) is 5.82 Å². The van der Waals surface area contributed by atoms with Gasteiger partial charge in [-0.2, -0.15) is 5.10 Å². The largest absolute Gasteiger partial charge is 0.507 e. The van der Waals surface area contributed by atoms with Gasteiger partial charge in [-0.15, -0.1) is 10.2 Å². The smallest absolute Gasteiger partial charge is 0.329 e. The quantitative estimate of drug-likeness (QED) is 0.246. The SMILES string of the molecule is Cn1c(=O)n(C2CCC(=O)NC2=O)c2cccc(CN3CCCC(n4cc(-c5cc(-c6ccccc6O)nnc5N)cn4)C3)c21. The van der Waals surface area contributed by atoms with Crippen LogP contribution in [0.5, 0.6) is 5.75 Å². The Kier molecular flexibility index (Phi) is 7.16. The number of carbonyl (C=O) groups is 2. The molecule has 45 heavy (non-hydrogen) atoms. The summed E-state index contributed by atoms with van der Waals surface area (Å²) in [7, 11) is 1.73. The van der Waals surface area contributed by atoms with Gasteiger partial charge in [0.05, 0.1) is 29.0 Å². The third kappa shape index (κ3) is 5.14. The van der Waals surface area contributed by atoms with E-state index in [4.69, 9.17) is 5.73 Å². The number of nitrogen functional groups attached to an aromatic ring is 1. The number of hydrogen-bond donors (Lipinski definition) is 3. The van der Waals surface area contributed by atoms with Gasteiger partial charge in [0, 0.05) is 49.4 Å². The molecule has 0 spiro atoms. The standard InChI is InChI=1S/C32H33N9O4/c1-38-29-19(6-4-9-25(29)41(32(38)45)26-11-12-28(43)35-31(26)44)16-39-13-5-7-21(18-39)40-17-20(15-34-40)23-14-24(36-37-30(23)33)22-8-2-3-10-27(22)42/h2-4,6,8-10,14-15,17,21,26,42H,5,7,11-13,16,18H2,1H3,(H2,33,37)(H,35,43,44). The molecule has 3 aromatic heterocycles. The number of anilines is 1. The number of carbonyl (C=O) groups excluding carboxylic acids is 2. The molecule has 7 rings (SSSR count). The highest BCUT2D eigenvalue weighted by molar-refractivity contribution is 6.00. The number of aromatic hydroxyl groups is 1. The fourth-order valence-corrected chi connectivity index (χ4v) is 6.64. The molecule has 5 aromatic rings. The van der Waals surface area contributed by atoms with E-state index >= 15 is 0 Å². The molecular weight excluding hydrogens is 574 g/mol. The van der Waals surface area contributed by atoms with Crippen LogP contribution >= 0.6 is 0 Å². The number of hydrogen-bond acceptors (Lipinski definition) is 9. The summed E-state index contributed by atoms with van der Waals surface area (Å²) in [6, 6.07) is 14.0. The summed E-state index contributed by atoms with van der Waals surface area (Å²) in [6.07, 6.45) is 6.17. The van der Waals surface area contributed by atoms with Crippen molar-refractivity contribution in [2.45, 2.75) is 44.3 Å². The molecule has 13 heteroatoms. The van der Waals surface area contributed by atoms with Crippen molar-refractivity contribution in [2.24, 2.45) is 7.05 Å². The summed E-state index contributed by atoms with van der Waals surface area (Å²) in [5.74, 6) is -0.361. The van der Waals surface area contributed by atoms with E-state index in [2.05, 4.69) is 25.5 Å². The molecule has 0 bridgehead atoms. The van der Waals surface area contributed by atoms with Gasteiger partial charge < -0.3 is 10.8 Å². The Morgan fingerprint density at radius 1 is 1.04 bits per heavy atom. The van der Waals surface area contributed by atoms with E-state index in [9.17, 15) is 19.5 Å². The molecule has 2 unspecified atom stereocenters. The van der Waals surface area contributed by atoms with Crippen molar-refractivity contribution in [1.82, 2.24) is 39.3 Å². The average molecular weight is 608 g/mol. The first-order valence-electron chi connectivity index (χ1n) is 15.0. The molecule has 2 aromatic carbocycles. The Morgan fingerprint density at radius 3 is 2.71 bits per heavy atom. The van der Waals surface area contributed by atoms with Gasteiger partial charge in [0.2, 0.25) is 11.8 Å². The molecule has 0 aliphatic carbocycles. The van der Waals surface area contributed by atoms with Gasteiger partial charge in [-0.25, -0.2) is 4.79 Å². The predicted octanol–water partition coefficient (Wildman–Crippen LogP) is 2.76. The van der Waals surface area contributed by atoms with Crippen LogP contribution in [0, 0.1) is 0 Å². The Morgan fingerprint density at radius 2 is 1.89 bits per heavy atom. The van der Waals surface area contributed by atoms with E-state index < -0.39 is 11.9 Å².